The molecule has 4 atom stereocenters. The minimum absolute atomic E-state index is 0.0391. The topological polar surface area (TPSA) is 138 Å². The lowest BCUT2D eigenvalue weighted by Crippen LogP contribution is -2.35. The maximum atomic E-state index is 13.8. The summed E-state index contributed by atoms with van der Waals surface area (Å²) in [6, 6.07) is 54.3. The predicted octanol–water partition coefficient (Wildman–Crippen LogP) is 25.7. The SMILES string of the molecule is CCCCCCCCC1C(CCCC)CCC(CCCCCCCCN2C(=O)c3ccc(Oc4ccc(C(C)(C)c5ccc(Oc6ccc(C)c(C=O)c6)cc5)cc4)cc3C2=O)C1CCCCCCCCNC(=O)c1ccc(Oc2ccc(C(C)(C)c3ccc(Oc4ccc(C)c(C=O)c4)cc3)cc2)cc1C. The highest BCUT2D eigenvalue weighted by Gasteiger charge is 2.39. The minimum Gasteiger partial charge on any atom is -0.457 e. The fraction of sp³-hybridized carbons (Fsp3) is 0.448. The van der Waals surface area contributed by atoms with Crippen LogP contribution in [-0.2, 0) is 10.8 Å². The molecule has 566 valence electrons. The minimum atomic E-state index is -0.319. The molecule has 0 bridgehead atoms. The molecule has 10 rings (SSSR count). The second-order valence-electron chi connectivity index (χ2n) is 31.7. The molecule has 8 aromatic rings. The molecule has 1 saturated carbocycles. The number of aldehydes is 2. The Bertz CT molecular complexity index is 4190. The number of fused-ring (bicyclic) bond motifs is 1. The van der Waals surface area contributed by atoms with Crippen LogP contribution < -0.4 is 24.3 Å². The zero-order valence-corrected chi connectivity index (χ0v) is 65.6. The predicted molar refractivity (Wildman–Crippen MR) is 434 cm³/mol. The van der Waals surface area contributed by atoms with Gasteiger partial charge in [-0.15, -0.1) is 0 Å². The number of ether oxygens (including phenoxy) is 4. The molecule has 1 N–H and O–H groups in total. The Kier molecular flexibility index (Phi) is 29.8. The number of benzene rings is 8. The molecular formula is C96H118N2O9. The van der Waals surface area contributed by atoms with E-state index < -0.39 is 0 Å². The van der Waals surface area contributed by atoms with Gasteiger partial charge in [-0.05, 0) is 231 Å². The number of unbranched alkanes of at least 4 members (excludes halogenated alkanes) is 16. The Labute approximate surface area is 639 Å². The average Bonchev–Trinajstić information content (AvgIpc) is 1.71. The molecular weight excluding hydrogens is 1330 g/mol. The van der Waals surface area contributed by atoms with Crippen LogP contribution in [0.15, 0.2) is 170 Å². The number of nitrogens with zero attached hydrogens (tertiary/aromatic N) is 1. The molecule has 1 aliphatic heterocycles. The number of aryl methyl sites for hydroxylation is 3. The van der Waals surface area contributed by atoms with Gasteiger partial charge in [0.05, 0.1) is 11.1 Å². The normalized spacial score (nSPS) is 15.8. The first-order valence-electron chi connectivity index (χ1n) is 40.5. The van der Waals surface area contributed by atoms with E-state index in [0.29, 0.717) is 81.2 Å². The molecule has 11 heteroatoms. The zero-order valence-electron chi connectivity index (χ0n) is 65.6. The van der Waals surface area contributed by atoms with Crippen LogP contribution in [0.4, 0.5) is 0 Å². The molecule has 0 saturated heterocycles. The third kappa shape index (κ3) is 22.1. The van der Waals surface area contributed by atoms with Gasteiger partial charge in [0.2, 0.25) is 0 Å². The number of amides is 3. The van der Waals surface area contributed by atoms with E-state index >= 15 is 0 Å². The van der Waals surface area contributed by atoms with Gasteiger partial charge in [-0.3, -0.25) is 28.9 Å². The summed E-state index contributed by atoms with van der Waals surface area (Å²) in [6.07, 6.45) is 34.5. The second-order valence-corrected chi connectivity index (χ2v) is 31.7. The van der Waals surface area contributed by atoms with Crippen molar-refractivity contribution in [1.82, 2.24) is 10.2 Å². The van der Waals surface area contributed by atoms with Crippen LogP contribution >= 0.6 is 0 Å². The Morgan fingerprint density at radius 1 is 0.393 bits per heavy atom. The van der Waals surface area contributed by atoms with E-state index in [1.165, 1.54) is 140 Å². The number of nitrogens with one attached hydrogen (secondary N) is 1. The molecule has 0 spiro atoms. The molecule has 3 amide bonds. The molecule has 1 aliphatic carbocycles. The third-order valence-electron chi connectivity index (χ3n) is 23.3. The summed E-state index contributed by atoms with van der Waals surface area (Å²) < 4.78 is 24.7. The van der Waals surface area contributed by atoms with Crippen molar-refractivity contribution in [3.05, 3.63) is 237 Å². The van der Waals surface area contributed by atoms with Crippen LogP contribution in [0.25, 0.3) is 0 Å². The summed E-state index contributed by atoms with van der Waals surface area (Å²) in [4.78, 5) is 65.2. The smallest absolute Gasteiger partial charge is 0.261 e. The van der Waals surface area contributed by atoms with Gasteiger partial charge in [-0.1, -0.05) is 231 Å². The van der Waals surface area contributed by atoms with Crippen molar-refractivity contribution in [2.45, 2.75) is 240 Å². The first-order valence-corrected chi connectivity index (χ1v) is 40.5. The van der Waals surface area contributed by atoms with Crippen LogP contribution in [0.3, 0.4) is 0 Å². The fourth-order valence-electron chi connectivity index (χ4n) is 16.4. The summed E-state index contributed by atoms with van der Waals surface area (Å²) in [5, 5.41) is 3.20. The number of rotatable bonds is 43. The molecule has 4 unspecified atom stereocenters. The number of hydrogen-bond acceptors (Lipinski definition) is 9. The average molecular weight is 1440 g/mol. The van der Waals surface area contributed by atoms with Crippen LogP contribution in [0.2, 0.25) is 0 Å². The number of imide groups is 1. The van der Waals surface area contributed by atoms with E-state index in [1.807, 2.05) is 112 Å². The lowest BCUT2D eigenvalue weighted by Gasteiger charge is -2.44. The monoisotopic (exact) mass is 1440 g/mol. The highest BCUT2D eigenvalue weighted by atomic mass is 16.5. The van der Waals surface area contributed by atoms with Crippen molar-refractivity contribution in [3.63, 3.8) is 0 Å². The van der Waals surface area contributed by atoms with Gasteiger partial charge in [-0.2, -0.15) is 0 Å². The summed E-state index contributed by atoms with van der Waals surface area (Å²) in [6.45, 7) is 20.3. The summed E-state index contributed by atoms with van der Waals surface area (Å²) in [5.74, 6) is 8.08. The van der Waals surface area contributed by atoms with Gasteiger partial charge in [0.25, 0.3) is 17.7 Å². The number of hydrogen-bond donors (Lipinski definition) is 1. The van der Waals surface area contributed by atoms with Crippen LogP contribution in [0.1, 0.15) is 299 Å². The van der Waals surface area contributed by atoms with E-state index in [0.717, 1.165) is 113 Å². The van der Waals surface area contributed by atoms with Crippen molar-refractivity contribution >= 4 is 30.3 Å². The molecule has 0 aromatic heterocycles. The van der Waals surface area contributed by atoms with Crippen LogP contribution in [0, 0.1) is 44.4 Å². The molecule has 11 nitrogen and oxygen atoms in total. The first-order chi connectivity index (χ1) is 51.9. The highest BCUT2D eigenvalue weighted by molar-refractivity contribution is 6.21. The van der Waals surface area contributed by atoms with E-state index in [-0.39, 0.29) is 28.6 Å². The Balaban J connectivity index is 0.622. The lowest BCUT2D eigenvalue weighted by molar-refractivity contribution is 0.0583. The van der Waals surface area contributed by atoms with E-state index in [9.17, 15) is 24.0 Å². The Morgan fingerprint density at radius 3 is 1.19 bits per heavy atom. The summed E-state index contributed by atoms with van der Waals surface area (Å²) in [5.41, 5.74) is 9.35. The third-order valence-corrected chi connectivity index (χ3v) is 23.3. The molecule has 2 aliphatic rings. The van der Waals surface area contributed by atoms with Crippen molar-refractivity contribution in [1.29, 1.82) is 0 Å². The van der Waals surface area contributed by atoms with Gasteiger partial charge in [-0.25, -0.2) is 0 Å². The van der Waals surface area contributed by atoms with E-state index in [2.05, 4.69) is 95.4 Å². The molecule has 8 aromatic carbocycles. The highest BCUT2D eigenvalue weighted by Crippen LogP contribution is 2.48. The van der Waals surface area contributed by atoms with E-state index in [4.69, 9.17) is 18.9 Å². The fourth-order valence-corrected chi connectivity index (χ4v) is 16.4. The van der Waals surface area contributed by atoms with Crippen molar-refractivity contribution < 1.29 is 42.9 Å². The van der Waals surface area contributed by atoms with Crippen LogP contribution in [-0.4, -0.2) is 48.3 Å². The first kappa shape index (κ1) is 80.5. The summed E-state index contributed by atoms with van der Waals surface area (Å²) in [7, 11) is 0. The van der Waals surface area contributed by atoms with Crippen LogP contribution in [0.5, 0.6) is 46.0 Å². The second kappa shape index (κ2) is 39.7. The van der Waals surface area contributed by atoms with Crippen molar-refractivity contribution in [3.8, 4) is 46.0 Å². The molecule has 1 heterocycles. The molecule has 1 fully saturated rings. The standard InChI is InChI=1S/C96H118N2O9/c1-10-12-14-15-21-26-32-88-71(30-13-11-2)36-37-72(31-25-20-17-19-24-29-61-98-93(102)90-59-57-86(65-91(90)94(98)103)107-82-54-44-78(45-55-82)96(8,9)77-42-52-81(53-43-77)106-85-47-35-69(4)74(64-85)67-100)89(88)33-27-22-16-18-23-28-60-97-92(101)87-58-56-83(62-70(87)5)104-79-48-38-75(39-49-79)95(6,7)76-40-50-80(51-41-76)105-84-46-34-68(3)73(63-84)66-99/h34-35,38-59,62-67,71-72,88-89H,10-33,36-37,60-61H2,1-9H3,(H,97,101). The number of carbonyl (C=O) groups is 5. The van der Waals surface area contributed by atoms with Gasteiger partial charge >= 0.3 is 0 Å². The maximum Gasteiger partial charge on any atom is 0.261 e. The number of carbonyl (C=O) groups excluding carboxylic acids is 5. The van der Waals surface area contributed by atoms with Gasteiger partial charge in [0.1, 0.15) is 58.6 Å². The largest absolute Gasteiger partial charge is 0.457 e. The Morgan fingerprint density at radius 2 is 0.748 bits per heavy atom. The van der Waals surface area contributed by atoms with Crippen molar-refractivity contribution in [2.75, 3.05) is 13.1 Å². The molecule has 107 heavy (non-hydrogen) atoms. The van der Waals surface area contributed by atoms with E-state index in [1.54, 1.807) is 30.3 Å². The van der Waals surface area contributed by atoms with Gasteiger partial charge in [0, 0.05) is 40.6 Å². The summed E-state index contributed by atoms with van der Waals surface area (Å²) >= 11 is 0. The lowest BCUT2D eigenvalue weighted by atomic mass is 9.61. The van der Waals surface area contributed by atoms with Gasteiger partial charge < -0.3 is 24.3 Å². The maximum absolute atomic E-state index is 13.8. The molecule has 0 radical (unpaired) electrons. The quantitative estimate of drug-likeness (QED) is 0.0225. The zero-order chi connectivity index (χ0) is 75.7. The van der Waals surface area contributed by atoms with Crippen molar-refractivity contribution in [2.24, 2.45) is 23.7 Å². The van der Waals surface area contributed by atoms with Gasteiger partial charge in [0.15, 0.2) is 0 Å². The Hall–Kier alpha value is -9.09.